The SMILES string of the molecule is CCNCc1ccc(C)c(-c2cccc3ccccc23)c1. The Bertz CT molecular complexity index is 753. The van der Waals surface area contributed by atoms with Crippen LogP contribution < -0.4 is 5.32 Å². The number of nitrogens with one attached hydrogen (secondary N) is 1. The molecule has 0 aliphatic carbocycles. The maximum absolute atomic E-state index is 3.40. The van der Waals surface area contributed by atoms with Gasteiger partial charge in [0, 0.05) is 6.54 Å². The standard InChI is InChI=1S/C20H21N/c1-3-21-14-16-12-11-15(2)20(13-16)19-10-6-8-17-7-4-5-9-18(17)19/h4-13,21H,3,14H2,1-2H3. The van der Waals surface area contributed by atoms with Gasteiger partial charge in [-0.3, -0.25) is 0 Å². The van der Waals surface area contributed by atoms with Crippen molar-refractivity contribution in [3.05, 3.63) is 71.8 Å². The van der Waals surface area contributed by atoms with E-state index in [9.17, 15) is 0 Å². The van der Waals surface area contributed by atoms with Crippen molar-refractivity contribution in [2.24, 2.45) is 0 Å². The van der Waals surface area contributed by atoms with Gasteiger partial charge in [0.05, 0.1) is 0 Å². The van der Waals surface area contributed by atoms with E-state index in [-0.39, 0.29) is 0 Å². The molecule has 0 saturated carbocycles. The Hall–Kier alpha value is -2.12. The van der Waals surface area contributed by atoms with E-state index in [1.54, 1.807) is 0 Å². The molecular formula is C20H21N. The van der Waals surface area contributed by atoms with Crippen molar-refractivity contribution in [1.29, 1.82) is 0 Å². The van der Waals surface area contributed by atoms with E-state index < -0.39 is 0 Å². The number of hydrogen-bond acceptors (Lipinski definition) is 1. The van der Waals surface area contributed by atoms with Gasteiger partial charge in [0.15, 0.2) is 0 Å². The molecule has 3 rings (SSSR count). The van der Waals surface area contributed by atoms with Gasteiger partial charge in [0.25, 0.3) is 0 Å². The topological polar surface area (TPSA) is 12.0 Å². The molecule has 0 spiro atoms. The Morgan fingerprint density at radius 1 is 0.857 bits per heavy atom. The summed E-state index contributed by atoms with van der Waals surface area (Å²) in [5, 5.41) is 6.02. The van der Waals surface area contributed by atoms with Gasteiger partial charge in [-0.15, -0.1) is 0 Å². The summed E-state index contributed by atoms with van der Waals surface area (Å²) in [5.41, 5.74) is 5.32. The number of benzene rings is 3. The number of rotatable bonds is 4. The number of aryl methyl sites for hydroxylation is 1. The van der Waals surface area contributed by atoms with E-state index in [2.05, 4.69) is 79.8 Å². The maximum Gasteiger partial charge on any atom is 0.0205 e. The van der Waals surface area contributed by atoms with E-state index in [1.807, 2.05) is 0 Å². The Morgan fingerprint density at radius 3 is 2.52 bits per heavy atom. The number of fused-ring (bicyclic) bond motifs is 1. The predicted molar refractivity (Wildman–Crippen MR) is 91.5 cm³/mol. The molecule has 21 heavy (non-hydrogen) atoms. The smallest absolute Gasteiger partial charge is 0.0205 e. The molecule has 0 saturated heterocycles. The molecule has 0 radical (unpaired) electrons. The van der Waals surface area contributed by atoms with Gasteiger partial charge < -0.3 is 5.32 Å². The van der Waals surface area contributed by atoms with Crippen LogP contribution in [0.2, 0.25) is 0 Å². The zero-order valence-electron chi connectivity index (χ0n) is 12.7. The van der Waals surface area contributed by atoms with Crippen LogP contribution in [0.25, 0.3) is 21.9 Å². The molecule has 0 atom stereocenters. The Morgan fingerprint density at radius 2 is 1.67 bits per heavy atom. The highest BCUT2D eigenvalue weighted by atomic mass is 14.8. The van der Waals surface area contributed by atoms with Crippen LogP contribution in [0.1, 0.15) is 18.1 Å². The predicted octanol–water partition coefficient (Wildman–Crippen LogP) is 4.92. The molecule has 1 nitrogen and oxygen atoms in total. The first-order valence-electron chi connectivity index (χ1n) is 7.58. The van der Waals surface area contributed by atoms with Crippen LogP contribution in [0, 0.1) is 6.92 Å². The van der Waals surface area contributed by atoms with Crippen molar-refractivity contribution in [1.82, 2.24) is 5.32 Å². The average Bonchev–Trinajstić information content (AvgIpc) is 2.54. The molecule has 1 heteroatoms. The average molecular weight is 275 g/mol. The lowest BCUT2D eigenvalue weighted by Crippen LogP contribution is -2.11. The molecule has 3 aromatic carbocycles. The summed E-state index contributed by atoms with van der Waals surface area (Å²) >= 11 is 0. The molecule has 0 bridgehead atoms. The second-order valence-corrected chi connectivity index (χ2v) is 5.46. The van der Waals surface area contributed by atoms with Crippen molar-refractivity contribution in [2.75, 3.05) is 6.54 Å². The molecule has 1 N–H and O–H groups in total. The highest BCUT2D eigenvalue weighted by Gasteiger charge is 2.07. The maximum atomic E-state index is 3.40. The molecule has 0 aliphatic rings. The molecule has 0 aromatic heterocycles. The van der Waals surface area contributed by atoms with Crippen molar-refractivity contribution >= 4 is 10.8 Å². The summed E-state index contributed by atoms with van der Waals surface area (Å²) < 4.78 is 0. The summed E-state index contributed by atoms with van der Waals surface area (Å²) in [4.78, 5) is 0. The lowest BCUT2D eigenvalue weighted by atomic mass is 9.94. The largest absolute Gasteiger partial charge is 0.313 e. The van der Waals surface area contributed by atoms with Gasteiger partial charge in [-0.25, -0.2) is 0 Å². The van der Waals surface area contributed by atoms with E-state index in [0.29, 0.717) is 0 Å². The Labute approximate surface area is 126 Å². The molecule has 3 aromatic rings. The van der Waals surface area contributed by atoms with Crippen LogP contribution in [-0.4, -0.2) is 6.54 Å². The highest BCUT2D eigenvalue weighted by Crippen LogP contribution is 2.31. The highest BCUT2D eigenvalue weighted by molar-refractivity contribution is 5.97. The first-order chi connectivity index (χ1) is 10.3. The Balaban J connectivity index is 2.13. The zero-order valence-corrected chi connectivity index (χ0v) is 12.7. The second-order valence-electron chi connectivity index (χ2n) is 5.46. The fourth-order valence-electron chi connectivity index (χ4n) is 2.80. The van der Waals surface area contributed by atoms with Crippen LogP contribution in [0.5, 0.6) is 0 Å². The summed E-state index contributed by atoms with van der Waals surface area (Å²) in [6.45, 7) is 6.25. The van der Waals surface area contributed by atoms with Crippen LogP contribution in [0.3, 0.4) is 0 Å². The van der Waals surface area contributed by atoms with Crippen LogP contribution >= 0.6 is 0 Å². The van der Waals surface area contributed by atoms with Gasteiger partial charge in [0.2, 0.25) is 0 Å². The van der Waals surface area contributed by atoms with Crippen LogP contribution in [-0.2, 0) is 6.54 Å². The fraction of sp³-hybridized carbons (Fsp3) is 0.200. The summed E-state index contributed by atoms with van der Waals surface area (Å²) in [6.07, 6.45) is 0. The van der Waals surface area contributed by atoms with E-state index in [1.165, 1.54) is 33.0 Å². The quantitative estimate of drug-likeness (QED) is 0.712. The normalized spacial score (nSPS) is 11.0. The van der Waals surface area contributed by atoms with E-state index in [4.69, 9.17) is 0 Å². The van der Waals surface area contributed by atoms with Gasteiger partial charge in [-0.05, 0) is 52.6 Å². The van der Waals surface area contributed by atoms with Crippen molar-refractivity contribution in [3.63, 3.8) is 0 Å². The zero-order chi connectivity index (χ0) is 14.7. The lowest BCUT2D eigenvalue weighted by Gasteiger charge is -2.12. The molecule has 0 fully saturated rings. The van der Waals surface area contributed by atoms with Gasteiger partial charge in [-0.1, -0.05) is 61.5 Å². The fourth-order valence-corrected chi connectivity index (χ4v) is 2.80. The van der Waals surface area contributed by atoms with Crippen molar-refractivity contribution in [2.45, 2.75) is 20.4 Å². The minimum Gasteiger partial charge on any atom is -0.313 e. The third-order valence-corrected chi connectivity index (χ3v) is 3.96. The summed E-state index contributed by atoms with van der Waals surface area (Å²) in [7, 11) is 0. The lowest BCUT2D eigenvalue weighted by molar-refractivity contribution is 0.727. The number of hydrogen-bond donors (Lipinski definition) is 1. The molecule has 0 aliphatic heterocycles. The third kappa shape index (κ3) is 2.84. The van der Waals surface area contributed by atoms with Gasteiger partial charge in [0.1, 0.15) is 0 Å². The van der Waals surface area contributed by atoms with E-state index in [0.717, 1.165) is 13.1 Å². The summed E-state index contributed by atoms with van der Waals surface area (Å²) in [6, 6.07) is 21.9. The van der Waals surface area contributed by atoms with Crippen LogP contribution in [0.4, 0.5) is 0 Å². The molecule has 0 heterocycles. The first kappa shape index (κ1) is 13.8. The molecule has 0 unspecified atom stereocenters. The van der Waals surface area contributed by atoms with Crippen molar-refractivity contribution in [3.8, 4) is 11.1 Å². The minimum atomic E-state index is 0.925. The molecule has 106 valence electrons. The third-order valence-electron chi connectivity index (χ3n) is 3.96. The summed E-state index contributed by atoms with van der Waals surface area (Å²) in [5.74, 6) is 0. The minimum absolute atomic E-state index is 0.925. The Kier molecular flexibility index (Phi) is 4.03. The van der Waals surface area contributed by atoms with Gasteiger partial charge >= 0.3 is 0 Å². The first-order valence-corrected chi connectivity index (χ1v) is 7.58. The van der Waals surface area contributed by atoms with Gasteiger partial charge in [-0.2, -0.15) is 0 Å². The van der Waals surface area contributed by atoms with Crippen molar-refractivity contribution < 1.29 is 0 Å². The monoisotopic (exact) mass is 275 g/mol. The van der Waals surface area contributed by atoms with E-state index >= 15 is 0 Å². The van der Waals surface area contributed by atoms with Crippen LogP contribution in [0.15, 0.2) is 60.7 Å². The molecule has 0 amide bonds. The molecular weight excluding hydrogens is 254 g/mol. The second kappa shape index (κ2) is 6.11.